The van der Waals surface area contributed by atoms with Crippen LogP contribution in [0.1, 0.15) is 56.9 Å². The Morgan fingerprint density at radius 3 is 2.54 bits per heavy atom. The van der Waals surface area contributed by atoms with Crippen molar-refractivity contribution in [2.45, 2.75) is 63.8 Å². The number of likely N-dealkylation sites (tertiary alicyclic amines) is 1. The molecule has 1 saturated carbocycles. The van der Waals surface area contributed by atoms with Gasteiger partial charge in [-0.1, -0.05) is 25.3 Å². The maximum absolute atomic E-state index is 12.6. The minimum Gasteiger partial charge on any atom is -0.454 e. The summed E-state index contributed by atoms with van der Waals surface area (Å²) in [5, 5.41) is 3.15. The van der Waals surface area contributed by atoms with Crippen molar-refractivity contribution >= 4 is 11.8 Å². The molecule has 1 saturated heterocycles. The van der Waals surface area contributed by atoms with E-state index < -0.39 is 0 Å². The highest BCUT2D eigenvalue weighted by Gasteiger charge is 2.29. The molecule has 0 atom stereocenters. The molecule has 2 fully saturated rings. The minimum absolute atomic E-state index is 0.0784. The number of aryl methyl sites for hydroxylation is 1. The fourth-order valence-corrected chi connectivity index (χ4v) is 4.51. The Morgan fingerprint density at radius 1 is 1.00 bits per heavy atom. The zero-order valence-electron chi connectivity index (χ0n) is 16.5. The van der Waals surface area contributed by atoms with Crippen LogP contribution in [0.5, 0.6) is 11.5 Å². The molecule has 0 radical (unpaired) electrons. The molecule has 152 valence electrons. The zero-order chi connectivity index (χ0) is 19.3. The topological polar surface area (TPSA) is 67.9 Å². The number of fused-ring (bicyclic) bond motifs is 1. The van der Waals surface area contributed by atoms with E-state index in [9.17, 15) is 9.59 Å². The van der Waals surface area contributed by atoms with E-state index in [0.717, 1.165) is 55.8 Å². The quantitative estimate of drug-likeness (QED) is 0.845. The van der Waals surface area contributed by atoms with Crippen LogP contribution in [0.15, 0.2) is 18.2 Å². The number of carbonyl (C=O) groups is 2. The highest BCUT2D eigenvalue weighted by molar-refractivity contribution is 5.79. The molecule has 2 amide bonds. The lowest BCUT2D eigenvalue weighted by molar-refractivity contribution is -0.137. The van der Waals surface area contributed by atoms with E-state index in [4.69, 9.17) is 9.47 Å². The number of hydrogen-bond donors (Lipinski definition) is 1. The first-order chi connectivity index (χ1) is 13.7. The van der Waals surface area contributed by atoms with E-state index >= 15 is 0 Å². The average molecular weight is 386 g/mol. The van der Waals surface area contributed by atoms with Crippen molar-refractivity contribution in [1.82, 2.24) is 10.2 Å². The largest absolute Gasteiger partial charge is 0.454 e. The molecule has 2 aliphatic heterocycles. The molecule has 3 aliphatic rings. The fraction of sp³-hybridized carbons (Fsp3) is 0.636. The van der Waals surface area contributed by atoms with Crippen LogP contribution >= 0.6 is 0 Å². The van der Waals surface area contributed by atoms with Crippen LogP contribution in [0.3, 0.4) is 0 Å². The first-order valence-electron chi connectivity index (χ1n) is 10.7. The van der Waals surface area contributed by atoms with Crippen molar-refractivity contribution in [3.05, 3.63) is 23.8 Å². The van der Waals surface area contributed by atoms with Gasteiger partial charge in [-0.15, -0.1) is 0 Å². The Bertz CT molecular complexity index is 706. The number of ether oxygens (including phenoxy) is 2. The van der Waals surface area contributed by atoms with Crippen molar-refractivity contribution in [3.63, 3.8) is 0 Å². The fourth-order valence-electron chi connectivity index (χ4n) is 4.51. The second-order valence-electron chi connectivity index (χ2n) is 8.19. The van der Waals surface area contributed by atoms with Crippen LogP contribution in [0.25, 0.3) is 0 Å². The molecule has 1 aromatic rings. The molecule has 6 heteroatoms. The molecule has 1 N–H and O–H groups in total. The number of nitrogens with one attached hydrogen (secondary N) is 1. The summed E-state index contributed by atoms with van der Waals surface area (Å²) in [5.74, 6) is 2.18. The first kappa shape index (κ1) is 19.1. The number of carbonyl (C=O) groups excluding carboxylic acids is 2. The third-order valence-corrected chi connectivity index (χ3v) is 6.20. The van der Waals surface area contributed by atoms with Gasteiger partial charge in [0.05, 0.1) is 0 Å². The van der Waals surface area contributed by atoms with Gasteiger partial charge < -0.3 is 19.7 Å². The van der Waals surface area contributed by atoms with Gasteiger partial charge in [0.1, 0.15) is 0 Å². The van der Waals surface area contributed by atoms with E-state index in [1.165, 1.54) is 19.3 Å². The van der Waals surface area contributed by atoms with Crippen LogP contribution in [0.2, 0.25) is 0 Å². The van der Waals surface area contributed by atoms with E-state index in [1.54, 1.807) is 0 Å². The molecule has 28 heavy (non-hydrogen) atoms. The summed E-state index contributed by atoms with van der Waals surface area (Å²) in [6.07, 6.45) is 8.60. The smallest absolute Gasteiger partial charge is 0.231 e. The van der Waals surface area contributed by atoms with Gasteiger partial charge in [0.25, 0.3) is 0 Å². The molecule has 1 aromatic carbocycles. The van der Waals surface area contributed by atoms with E-state index in [-0.39, 0.29) is 24.7 Å². The number of amides is 2. The minimum atomic E-state index is 0.0784. The third kappa shape index (κ3) is 4.59. The molecule has 0 bridgehead atoms. The van der Waals surface area contributed by atoms with E-state index in [1.807, 2.05) is 23.1 Å². The molecule has 4 rings (SSSR count). The molecule has 6 nitrogen and oxygen atoms in total. The van der Waals surface area contributed by atoms with Crippen LogP contribution in [-0.2, 0) is 16.0 Å². The Balaban J connectivity index is 1.18. The van der Waals surface area contributed by atoms with Gasteiger partial charge in [-0.25, -0.2) is 0 Å². The first-order valence-corrected chi connectivity index (χ1v) is 10.7. The van der Waals surface area contributed by atoms with Crippen molar-refractivity contribution in [3.8, 4) is 11.5 Å². The molecule has 0 unspecified atom stereocenters. The van der Waals surface area contributed by atoms with Crippen molar-refractivity contribution in [2.24, 2.45) is 5.92 Å². The van der Waals surface area contributed by atoms with Gasteiger partial charge in [-0.2, -0.15) is 0 Å². The van der Waals surface area contributed by atoms with Crippen molar-refractivity contribution < 1.29 is 19.1 Å². The summed E-state index contributed by atoms with van der Waals surface area (Å²) >= 11 is 0. The zero-order valence-corrected chi connectivity index (χ0v) is 16.5. The van der Waals surface area contributed by atoms with Gasteiger partial charge in [0.15, 0.2) is 11.5 Å². The van der Waals surface area contributed by atoms with Crippen molar-refractivity contribution in [2.75, 3.05) is 19.9 Å². The standard InChI is InChI=1S/C22H30N2O4/c25-21(9-7-16-6-8-19-20(14-16)28-15-27-19)23-18-10-12-24(13-11-18)22(26)17-4-2-1-3-5-17/h6,8,14,17-18H,1-5,7,9-13,15H2,(H,23,25). The number of rotatable bonds is 5. The highest BCUT2D eigenvalue weighted by atomic mass is 16.7. The monoisotopic (exact) mass is 386 g/mol. The number of piperidine rings is 1. The lowest BCUT2D eigenvalue weighted by Crippen LogP contribution is -2.48. The molecule has 1 aliphatic carbocycles. The summed E-state index contributed by atoms with van der Waals surface area (Å²) in [6.45, 7) is 1.80. The summed E-state index contributed by atoms with van der Waals surface area (Å²) in [7, 11) is 0. The molecule has 2 heterocycles. The van der Waals surface area contributed by atoms with Crippen LogP contribution < -0.4 is 14.8 Å². The summed E-state index contributed by atoms with van der Waals surface area (Å²) in [5.41, 5.74) is 1.08. The predicted molar refractivity (Wildman–Crippen MR) is 105 cm³/mol. The summed E-state index contributed by atoms with van der Waals surface area (Å²) in [4.78, 5) is 27.0. The Labute approximate surface area is 166 Å². The van der Waals surface area contributed by atoms with Gasteiger partial charge in [0, 0.05) is 31.5 Å². The number of hydrogen-bond acceptors (Lipinski definition) is 4. The maximum Gasteiger partial charge on any atom is 0.231 e. The normalized spacial score (nSPS) is 20.2. The van der Waals surface area contributed by atoms with Crippen LogP contribution in [0.4, 0.5) is 0 Å². The number of benzene rings is 1. The summed E-state index contributed by atoms with van der Waals surface area (Å²) < 4.78 is 10.7. The van der Waals surface area contributed by atoms with Crippen LogP contribution in [0, 0.1) is 5.92 Å². The van der Waals surface area contributed by atoms with Gasteiger partial charge in [-0.3, -0.25) is 9.59 Å². The third-order valence-electron chi connectivity index (χ3n) is 6.20. The second-order valence-corrected chi connectivity index (χ2v) is 8.19. The van der Waals surface area contributed by atoms with Crippen molar-refractivity contribution in [1.29, 1.82) is 0 Å². The highest BCUT2D eigenvalue weighted by Crippen LogP contribution is 2.32. The Hall–Kier alpha value is -2.24. The molecule has 0 spiro atoms. The van der Waals surface area contributed by atoms with Crippen LogP contribution in [-0.4, -0.2) is 42.6 Å². The van der Waals surface area contributed by atoms with Gasteiger partial charge >= 0.3 is 0 Å². The summed E-state index contributed by atoms with van der Waals surface area (Å²) in [6, 6.07) is 6.01. The maximum atomic E-state index is 12.6. The lowest BCUT2D eigenvalue weighted by Gasteiger charge is -2.35. The van der Waals surface area contributed by atoms with Gasteiger partial charge in [-0.05, 0) is 49.8 Å². The Morgan fingerprint density at radius 2 is 1.75 bits per heavy atom. The van der Waals surface area contributed by atoms with E-state index in [2.05, 4.69) is 5.32 Å². The molecular weight excluding hydrogens is 356 g/mol. The predicted octanol–water partition coefficient (Wildman–Crippen LogP) is 3.04. The second kappa shape index (κ2) is 8.84. The number of nitrogens with zero attached hydrogens (tertiary/aromatic N) is 1. The lowest BCUT2D eigenvalue weighted by atomic mass is 9.87. The molecule has 0 aromatic heterocycles. The SMILES string of the molecule is O=C(CCc1ccc2c(c1)OCO2)NC1CCN(C(=O)C2CCCCC2)CC1. The average Bonchev–Trinajstić information content (AvgIpc) is 3.21. The molecular formula is C22H30N2O4. The Kier molecular flexibility index (Phi) is 6.03. The van der Waals surface area contributed by atoms with Gasteiger partial charge in [0.2, 0.25) is 18.6 Å². The van der Waals surface area contributed by atoms with E-state index in [0.29, 0.717) is 18.7 Å².